The van der Waals surface area contributed by atoms with Gasteiger partial charge in [-0.25, -0.2) is 0 Å². The summed E-state index contributed by atoms with van der Waals surface area (Å²) in [6.07, 6.45) is 0.545. The van der Waals surface area contributed by atoms with E-state index in [1.165, 1.54) is 12.1 Å². The molecule has 0 saturated carbocycles. The lowest BCUT2D eigenvalue weighted by atomic mass is 10.1. The second-order valence-corrected chi connectivity index (χ2v) is 6.84. The molecule has 0 aliphatic rings. The molecule has 2 heterocycles. The van der Waals surface area contributed by atoms with E-state index in [-0.39, 0.29) is 24.1 Å². The van der Waals surface area contributed by atoms with Crippen molar-refractivity contribution in [3.8, 4) is 11.4 Å². The average Bonchev–Trinajstić information content (AvgIpc) is 3.36. The maximum Gasteiger partial charge on any atom is 0.269 e. The molecular weight excluding hydrogens is 368 g/mol. The lowest BCUT2D eigenvalue weighted by molar-refractivity contribution is -0.384. The summed E-state index contributed by atoms with van der Waals surface area (Å²) in [4.78, 5) is 28.8. The van der Waals surface area contributed by atoms with E-state index in [9.17, 15) is 14.9 Å². The van der Waals surface area contributed by atoms with Crippen molar-refractivity contribution < 1.29 is 14.2 Å². The molecule has 0 saturated heterocycles. The van der Waals surface area contributed by atoms with E-state index < -0.39 is 4.92 Å². The lowest BCUT2D eigenvalue weighted by Gasteiger charge is -2.25. The molecule has 3 rings (SSSR count). The minimum absolute atomic E-state index is 0.00650. The minimum atomic E-state index is -0.446. The Bertz CT molecular complexity index is 939. The van der Waals surface area contributed by atoms with Crippen LogP contribution in [-0.2, 0) is 11.2 Å². The van der Waals surface area contributed by atoms with Crippen LogP contribution in [0.4, 0.5) is 5.69 Å². The topological polar surface area (TPSA) is 102 Å². The third kappa shape index (κ3) is 4.37. The van der Waals surface area contributed by atoms with Gasteiger partial charge < -0.3 is 9.42 Å². The first-order valence-electron chi connectivity index (χ1n) is 8.31. The third-order valence-corrected chi connectivity index (χ3v) is 5.02. The molecule has 27 heavy (non-hydrogen) atoms. The average molecular weight is 386 g/mol. The van der Waals surface area contributed by atoms with Crippen LogP contribution < -0.4 is 0 Å². The summed E-state index contributed by atoms with van der Waals surface area (Å²) in [6, 6.07) is 7.91. The van der Waals surface area contributed by atoms with Crippen LogP contribution in [0.5, 0.6) is 0 Å². The minimum Gasteiger partial charge on any atom is -0.339 e. The Balaban J connectivity index is 1.60. The van der Waals surface area contributed by atoms with Gasteiger partial charge in [-0.05, 0) is 23.9 Å². The number of nitro groups is 1. The van der Waals surface area contributed by atoms with Gasteiger partial charge in [-0.3, -0.25) is 14.9 Å². The molecule has 0 aliphatic heterocycles. The molecule has 9 heteroatoms. The Morgan fingerprint density at radius 3 is 2.93 bits per heavy atom. The summed E-state index contributed by atoms with van der Waals surface area (Å²) in [6.45, 7) is 1.83. The Morgan fingerprint density at radius 2 is 2.22 bits per heavy atom. The summed E-state index contributed by atoms with van der Waals surface area (Å²) >= 11 is 1.55. The van der Waals surface area contributed by atoms with Crippen molar-refractivity contribution in [2.75, 3.05) is 7.05 Å². The van der Waals surface area contributed by atoms with Gasteiger partial charge in [0.25, 0.3) is 5.69 Å². The van der Waals surface area contributed by atoms with Crippen LogP contribution in [0.25, 0.3) is 11.4 Å². The summed E-state index contributed by atoms with van der Waals surface area (Å²) < 4.78 is 5.20. The van der Waals surface area contributed by atoms with Gasteiger partial charge >= 0.3 is 0 Å². The molecule has 1 atom stereocenters. The monoisotopic (exact) mass is 386 g/mol. The smallest absolute Gasteiger partial charge is 0.269 e. The fourth-order valence-electron chi connectivity index (χ4n) is 2.59. The van der Waals surface area contributed by atoms with E-state index in [2.05, 4.69) is 10.1 Å². The fourth-order valence-corrected chi connectivity index (χ4v) is 3.23. The predicted octanol–water partition coefficient (Wildman–Crippen LogP) is 3.86. The van der Waals surface area contributed by atoms with Crippen molar-refractivity contribution in [2.24, 2.45) is 0 Å². The molecule has 0 fully saturated rings. The van der Waals surface area contributed by atoms with Crippen LogP contribution in [0, 0.1) is 10.1 Å². The first-order valence-corrected chi connectivity index (χ1v) is 9.25. The zero-order chi connectivity index (χ0) is 19.4. The van der Waals surface area contributed by atoms with Crippen LogP contribution in [-0.4, -0.2) is 32.9 Å². The molecule has 0 N–H and O–H groups in total. The van der Waals surface area contributed by atoms with Crippen LogP contribution in [0.2, 0.25) is 0 Å². The largest absolute Gasteiger partial charge is 0.339 e. The van der Waals surface area contributed by atoms with Gasteiger partial charge in [-0.2, -0.15) is 16.3 Å². The number of nitrogens with zero attached hydrogens (tertiary/aromatic N) is 4. The van der Waals surface area contributed by atoms with Crippen molar-refractivity contribution >= 4 is 22.9 Å². The molecular formula is C18H18N4O4S. The number of thiophene rings is 1. The molecule has 0 spiro atoms. The zero-order valence-electron chi connectivity index (χ0n) is 14.9. The fraction of sp³-hybridized carbons (Fsp3) is 0.278. The molecule has 2 aromatic heterocycles. The zero-order valence-corrected chi connectivity index (χ0v) is 15.7. The molecule has 0 radical (unpaired) electrons. The Hall–Kier alpha value is -3.07. The van der Waals surface area contributed by atoms with E-state index in [0.29, 0.717) is 23.7 Å². The second-order valence-electron chi connectivity index (χ2n) is 6.06. The number of non-ortho nitro benzene ring substituents is 1. The van der Waals surface area contributed by atoms with Gasteiger partial charge in [0, 0.05) is 43.0 Å². The third-order valence-electron chi connectivity index (χ3n) is 4.34. The number of nitro benzene ring substituents is 1. The van der Waals surface area contributed by atoms with Crippen molar-refractivity contribution in [1.29, 1.82) is 0 Å². The molecule has 140 valence electrons. The summed E-state index contributed by atoms with van der Waals surface area (Å²) in [7, 11) is 1.68. The van der Waals surface area contributed by atoms with Crippen LogP contribution >= 0.6 is 11.3 Å². The highest BCUT2D eigenvalue weighted by Gasteiger charge is 2.20. The molecule has 3 aromatic rings. The number of benzene rings is 1. The van der Waals surface area contributed by atoms with E-state index in [4.69, 9.17) is 4.52 Å². The molecule has 1 amide bonds. The van der Waals surface area contributed by atoms with Crippen molar-refractivity contribution in [3.05, 3.63) is 62.7 Å². The molecule has 1 aromatic carbocycles. The van der Waals surface area contributed by atoms with Gasteiger partial charge in [-0.1, -0.05) is 17.3 Å². The molecule has 0 aliphatic carbocycles. The van der Waals surface area contributed by atoms with Crippen molar-refractivity contribution in [2.45, 2.75) is 25.8 Å². The summed E-state index contributed by atoms with van der Waals surface area (Å²) in [5.41, 5.74) is 1.60. The number of amides is 1. The number of hydrogen-bond donors (Lipinski definition) is 0. The first kappa shape index (κ1) is 18.7. The van der Waals surface area contributed by atoms with Gasteiger partial charge in [0.1, 0.15) is 0 Å². The first-order chi connectivity index (χ1) is 13.0. The van der Waals surface area contributed by atoms with E-state index in [1.807, 2.05) is 23.8 Å². The van der Waals surface area contributed by atoms with Gasteiger partial charge in [0.05, 0.1) is 11.0 Å². The highest BCUT2D eigenvalue weighted by molar-refractivity contribution is 7.08. The normalized spacial score (nSPS) is 11.9. The standard InChI is InChI=1S/C18H18N4O4S/c1-12(13-4-3-5-15(10-13)22(24)25)21(2)17(23)7-6-16-19-18(20-26-16)14-8-9-27-11-14/h3-5,8-12H,6-7H2,1-2H3/t12-/m0/s1. The lowest BCUT2D eigenvalue weighted by Crippen LogP contribution is -2.29. The SMILES string of the molecule is C[C@@H](c1cccc([N+](=O)[O-])c1)N(C)C(=O)CCc1nc(-c2ccsc2)no1. The van der Waals surface area contributed by atoms with Gasteiger partial charge in [-0.15, -0.1) is 0 Å². The maximum atomic E-state index is 12.5. The van der Waals surface area contributed by atoms with E-state index in [0.717, 1.165) is 5.56 Å². The van der Waals surface area contributed by atoms with E-state index >= 15 is 0 Å². The highest BCUT2D eigenvalue weighted by atomic mass is 32.1. The van der Waals surface area contributed by atoms with Gasteiger partial charge in [0.15, 0.2) is 0 Å². The number of hydrogen-bond acceptors (Lipinski definition) is 7. The maximum absolute atomic E-state index is 12.5. The van der Waals surface area contributed by atoms with E-state index in [1.54, 1.807) is 35.4 Å². The van der Waals surface area contributed by atoms with Crippen LogP contribution in [0.15, 0.2) is 45.6 Å². The highest BCUT2D eigenvalue weighted by Crippen LogP contribution is 2.24. The summed E-state index contributed by atoms with van der Waals surface area (Å²) in [5.74, 6) is 0.808. The number of carbonyl (C=O) groups is 1. The van der Waals surface area contributed by atoms with Crippen molar-refractivity contribution in [1.82, 2.24) is 15.0 Å². The number of carbonyl (C=O) groups excluding carboxylic acids is 1. The quantitative estimate of drug-likeness (QED) is 0.451. The molecule has 0 bridgehead atoms. The Labute approximate surface area is 159 Å². The number of rotatable bonds is 7. The van der Waals surface area contributed by atoms with Crippen molar-refractivity contribution in [3.63, 3.8) is 0 Å². The molecule has 8 nitrogen and oxygen atoms in total. The summed E-state index contributed by atoms with van der Waals surface area (Å²) in [5, 5.41) is 18.7. The second kappa shape index (κ2) is 8.09. The molecule has 0 unspecified atom stereocenters. The number of aryl methyl sites for hydroxylation is 1. The Kier molecular flexibility index (Phi) is 5.60. The van der Waals surface area contributed by atoms with Crippen LogP contribution in [0.1, 0.15) is 30.8 Å². The number of aromatic nitrogens is 2. The van der Waals surface area contributed by atoms with Crippen LogP contribution in [0.3, 0.4) is 0 Å². The predicted molar refractivity (Wildman–Crippen MR) is 100 cm³/mol. The van der Waals surface area contributed by atoms with Gasteiger partial charge in [0.2, 0.25) is 17.6 Å². The Morgan fingerprint density at radius 1 is 1.41 bits per heavy atom.